The molecule has 0 aliphatic carbocycles. The van der Waals surface area contributed by atoms with E-state index in [-0.39, 0.29) is 6.04 Å². The molecule has 2 aromatic rings. The number of piperazine rings is 1. The molecule has 3 rings (SSSR count). The third-order valence-electron chi connectivity index (χ3n) is 4.73. The van der Waals surface area contributed by atoms with Gasteiger partial charge in [0.05, 0.1) is 26.9 Å². The lowest BCUT2D eigenvalue weighted by atomic mass is 9.95. The third-order valence-corrected chi connectivity index (χ3v) is 4.73. The molecule has 1 saturated heterocycles. The smallest absolute Gasteiger partial charge is 0.165 e. The van der Waals surface area contributed by atoms with Gasteiger partial charge in [-0.1, -0.05) is 24.3 Å². The molecule has 1 aliphatic heterocycles. The van der Waals surface area contributed by atoms with E-state index in [0.717, 1.165) is 49.0 Å². The standard InChI is InChI=1S/C21H28N2O3/c1-4-26-17-8-5-7-16(15-17)20(23-13-11-22-12-14-23)18-9-6-10-19(24-2)21(18)25-3/h5-10,15,20,22H,4,11-14H2,1-3H3. The molecule has 0 saturated carbocycles. The highest BCUT2D eigenvalue weighted by Gasteiger charge is 2.28. The average Bonchev–Trinajstić information content (AvgIpc) is 2.69. The fraction of sp³-hybridized carbons (Fsp3) is 0.429. The number of hydrogen-bond donors (Lipinski definition) is 1. The Bertz CT molecular complexity index is 714. The van der Waals surface area contributed by atoms with Crippen LogP contribution in [0, 0.1) is 0 Å². The Labute approximate surface area is 155 Å². The number of nitrogens with zero attached hydrogens (tertiary/aromatic N) is 1. The third kappa shape index (κ3) is 3.94. The first-order valence-corrected chi connectivity index (χ1v) is 9.17. The van der Waals surface area contributed by atoms with Crippen LogP contribution in [0.4, 0.5) is 0 Å². The minimum Gasteiger partial charge on any atom is -0.494 e. The minimum absolute atomic E-state index is 0.0857. The molecular weight excluding hydrogens is 328 g/mol. The van der Waals surface area contributed by atoms with E-state index in [2.05, 4.69) is 34.5 Å². The van der Waals surface area contributed by atoms with Gasteiger partial charge in [0, 0.05) is 31.7 Å². The van der Waals surface area contributed by atoms with Gasteiger partial charge in [-0.25, -0.2) is 0 Å². The Morgan fingerprint density at radius 1 is 1.04 bits per heavy atom. The Balaban J connectivity index is 2.08. The van der Waals surface area contributed by atoms with Crippen molar-refractivity contribution in [3.63, 3.8) is 0 Å². The first-order valence-electron chi connectivity index (χ1n) is 9.17. The average molecular weight is 356 g/mol. The molecule has 1 fully saturated rings. The number of ether oxygens (including phenoxy) is 3. The Morgan fingerprint density at radius 2 is 1.81 bits per heavy atom. The van der Waals surface area contributed by atoms with Crippen LogP contribution >= 0.6 is 0 Å². The minimum atomic E-state index is 0.0857. The fourth-order valence-corrected chi connectivity index (χ4v) is 3.60. The Kier molecular flexibility index (Phi) is 6.36. The summed E-state index contributed by atoms with van der Waals surface area (Å²) in [7, 11) is 3.38. The molecule has 1 unspecified atom stereocenters. The van der Waals surface area contributed by atoms with Crippen LogP contribution in [0.3, 0.4) is 0 Å². The molecule has 0 spiro atoms. The van der Waals surface area contributed by atoms with E-state index in [1.165, 1.54) is 5.56 Å². The number of rotatable bonds is 7. The Hall–Kier alpha value is -2.24. The lowest BCUT2D eigenvalue weighted by Crippen LogP contribution is -2.45. The molecule has 1 heterocycles. The molecule has 140 valence electrons. The first kappa shape index (κ1) is 18.5. The molecule has 1 atom stereocenters. The SMILES string of the molecule is CCOc1cccc(C(c2cccc(OC)c2OC)N2CCNCC2)c1. The van der Waals surface area contributed by atoms with Crippen molar-refractivity contribution < 1.29 is 14.2 Å². The van der Waals surface area contributed by atoms with Crippen LogP contribution in [0.5, 0.6) is 17.2 Å². The molecule has 0 radical (unpaired) electrons. The largest absolute Gasteiger partial charge is 0.494 e. The second-order valence-electron chi connectivity index (χ2n) is 6.28. The van der Waals surface area contributed by atoms with Crippen LogP contribution in [0.15, 0.2) is 42.5 Å². The summed E-state index contributed by atoms with van der Waals surface area (Å²) in [5, 5.41) is 3.43. The van der Waals surface area contributed by atoms with Gasteiger partial charge in [0.25, 0.3) is 0 Å². The van der Waals surface area contributed by atoms with Gasteiger partial charge in [-0.15, -0.1) is 0 Å². The second-order valence-corrected chi connectivity index (χ2v) is 6.28. The molecule has 5 nitrogen and oxygen atoms in total. The van der Waals surface area contributed by atoms with Crippen molar-refractivity contribution in [2.24, 2.45) is 0 Å². The first-order chi connectivity index (χ1) is 12.8. The van der Waals surface area contributed by atoms with Gasteiger partial charge in [-0.2, -0.15) is 0 Å². The summed E-state index contributed by atoms with van der Waals surface area (Å²) in [5.41, 5.74) is 2.31. The summed E-state index contributed by atoms with van der Waals surface area (Å²) in [6, 6.07) is 14.5. The van der Waals surface area contributed by atoms with Gasteiger partial charge in [-0.05, 0) is 30.7 Å². The topological polar surface area (TPSA) is 43.0 Å². The monoisotopic (exact) mass is 356 g/mol. The molecule has 0 bridgehead atoms. The second kappa shape index (κ2) is 8.92. The van der Waals surface area contributed by atoms with Gasteiger partial charge in [0.15, 0.2) is 11.5 Å². The van der Waals surface area contributed by atoms with E-state index in [0.29, 0.717) is 6.61 Å². The number of methoxy groups -OCH3 is 2. The lowest BCUT2D eigenvalue weighted by Gasteiger charge is -2.36. The van der Waals surface area contributed by atoms with Crippen molar-refractivity contribution in [2.75, 3.05) is 47.0 Å². The van der Waals surface area contributed by atoms with Gasteiger partial charge in [0.1, 0.15) is 5.75 Å². The summed E-state index contributed by atoms with van der Waals surface area (Å²) in [4.78, 5) is 2.48. The highest BCUT2D eigenvalue weighted by molar-refractivity contribution is 5.51. The quantitative estimate of drug-likeness (QED) is 0.826. The maximum Gasteiger partial charge on any atom is 0.165 e. The highest BCUT2D eigenvalue weighted by Crippen LogP contribution is 2.40. The predicted octanol–water partition coefficient (Wildman–Crippen LogP) is 3.10. The van der Waals surface area contributed by atoms with Crippen molar-refractivity contribution in [1.29, 1.82) is 0 Å². The van der Waals surface area contributed by atoms with E-state index in [1.54, 1.807) is 14.2 Å². The van der Waals surface area contributed by atoms with Crippen LogP contribution < -0.4 is 19.5 Å². The van der Waals surface area contributed by atoms with Gasteiger partial charge >= 0.3 is 0 Å². The summed E-state index contributed by atoms with van der Waals surface area (Å²) in [6.45, 7) is 6.57. The highest BCUT2D eigenvalue weighted by atomic mass is 16.5. The van der Waals surface area contributed by atoms with Crippen molar-refractivity contribution in [2.45, 2.75) is 13.0 Å². The molecule has 0 aromatic heterocycles. The fourth-order valence-electron chi connectivity index (χ4n) is 3.60. The van der Waals surface area contributed by atoms with Crippen LogP contribution in [0.2, 0.25) is 0 Å². The zero-order valence-corrected chi connectivity index (χ0v) is 15.8. The summed E-state index contributed by atoms with van der Waals surface area (Å²) in [6.07, 6.45) is 0. The predicted molar refractivity (Wildman–Crippen MR) is 103 cm³/mol. The zero-order valence-electron chi connectivity index (χ0n) is 15.8. The van der Waals surface area contributed by atoms with Crippen LogP contribution in [-0.4, -0.2) is 51.9 Å². The van der Waals surface area contributed by atoms with E-state index >= 15 is 0 Å². The molecular formula is C21H28N2O3. The molecule has 2 aromatic carbocycles. The van der Waals surface area contributed by atoms with Gasteiger partial charge in [-0.3, -0.25) is 4.90 Å². The van der Waals surface area contributed by atoms with E-state index in [9.17, 15) is 0 Å². The van der Waals surface area contributed by atoms with E-state index < -0.39 is 0 Å². The van der Waals surface area contributed by atoms with Crippen molar-refractivity contribution in [3.8, 4) is 17.2 Å². The molecule has 0 amide bonds. The maximum absolute atomic E-state index is 5.74. The van der Waals surface area contributed by atoms with E-state index in [1.807, 2.05) is 25.1 Å². The zero-order chi connectivity index (χ0) is 18.4. The number of benzene rings is 2. The summed E-state index contributed by atoms with van der Waals surface area (Å²) < 4.78 is 17.0. The van der Waals surface area contributed by atoms with Crippen molar-refractivity contribution >= 4 is 0 Å². The van der Waals surface area contributed by atoms with Gasteiger partial charge < -0.3 is 19.5 Å². The maximum atomic E-state index is 5.74. The summed E-state index contributed by atoms with van der Waals surface area (Å²) >= 11 is 0. The number of hydrogen-bond acceptors (Lipinski definition) is 5. The molecule has 1 aliphatic rings. The van der Waals surface area contributed by atoms with E-state index in [4.69, 9.17) is 14.2 Å². The number of nitrogens with one attached hydrogen (secondary N) is 1. The normalized spacial score (nSPS) is 16.1. The van der Waals surface area contributed by atoms with Crippen LogP contribution in [0.1, 0.15) is 24.1 Å². The summed E-state index contributed by atoms with van der Waals surface area (Å²) in [5.74, 6) is 2.44. The lowest BCUT2D eigenvalue weighted by molar-refractivity contribution is 0.194. The molecule has 5 heteroatoms. The van der Waals surface area contributed by atoms with Crippen LogP contribution in [-0.2, 0) is 0 Å². The van der Waals surface area contributed by atoms with Gasteiger partial charge in [0.2, 0.25) is 0 Å². The number of para-hydroxylation sites is 1. The molecule has 26 heavy (non-hydrogen) atoms. The van der Waals surface area contributed by atoms with Crippen molar-refractivity contribution in [3.05, 3.63) is 53.6 Å². The molecule has 1 N–H and O–H groups in total. The van der Waals surface area contributed by atoms with Crippen LogP contribution in [0.25, 0.3) is 0 Å². The Morgan fingerprint density at radius 3 is 2.50 bits per heavy atom. The van der Waals surface area contributed by atoms with Crippen molar-refractivity contribution in [1.82, 2.24) is 10.2 Å².